The topological polar surface area (TPSA) is 115 Å². The van der Waals surface area contributed by atoms with Crippen LogP contribution >= 0.6 is 0 Å². The minimum absolute atomic E-state index is 0.169. The third kappa shape index (κ3) is 5.09. The van der Waals surface area contributed by atoms with E-state index < -0.39 is 22.6 Å². The minimum atomic E-state index is -0.772. The summed E-state index contributed by atoms with van der Waals surface area (Å²) in [6.45, 7) is 0.339. The first-order valence-electron chi connectivity index (χ1n) is 7.02. The number of aromatic hydroxyl groups is 1. The first-order chi connectivity index (χ1) is 11.6. The number of carbonyl (C=O) groups is 1. The van der Waals surface area contributed by atoms with Crippen molar-refractivity contribution in [1.29, 1.82) is 0 Å². The molecule has 0 saturated carbocycles. The van der Waals surface area contributed by atoms with Crippen LogP contribution in [0.3, 0.4) is 0 Å². The second-order valence-corrected chi connectivity index (χ2v) is 4.68. The van der Waals surface area contributed by atoms with E-state index in [2.05, 4.69) is 10.3 Å². The van der Waals surface area contributed by atoms with Crippen molar-refractivity contribution < 1.29 is 19.6 Å². The average Bonchev–Trinajstić information content (AvgIpc) is 2.59. The lowest BCUT2D eigenvalue weighted by molar-refractivity contribution is -0.390. The highest BCUT2D eigenvalue weighted by Crippen LogP contribution is 2.22. The Balaban J connectivity index is 1.79. The highest BCUT2D eigenvalue weighted by atomic mass is 16.6. The normalized spacial score (nSPS) is 10.5. The first-order valence-corrected chi connectivity index (χ1v) is 7.02. The number of nitrogens with zero attached hydrogens (tertiary/aromatic N) is 2. The van der Waals surface area contributed by atoms with Gasteiger partial charge in [0, 0.05) is 6.54 Å². The average molecular weight is 329 g/mol. The molecule has 0 unspecified atom stereocenters. The number of hydrogen-bond acceptors (Lipinski definition) is 6. The number of nitrogens with one attached hydrogen (secondary N) is 1. The first kappa shape index (κ1) is 16.9. The van der Waals surface area contributed by atoms with Crippen molar-refractivity contribution in [2.45, 2.75) is 6.61 Å². The van der Waals surface area contributed by atoms with Crippen LogP contribution in [0.4, 0.5) is 10.6 Å². The summed E-state index contributed by atoms with van der Waals surface area (Å²) >= 11 is 0. The number of aromatic nitrogens is 1. The van der Waals surface area contributed by atoms with Gasteiger partial charge in [-0.25, -0.2) is 4.79 Å². The van der Waals surface area contributed by atoms with Crippen molar-refractivity contribution in [2.24, 2.45) is 0 Å². The van der Waals surface area contributed by atoms with Crippen molar-refractivity contribution in [1.82, 2.24) is 10.3 Å². The van der Waals surface area contributed by atoms with E-state index in [1.807, 2.05) is 30.3 Å². The molecule has 8 nitrogen and oxygen atoms in total. The molecule has 1 amide bonds. The van der Waals surface area contributed by atoms with E-state index in [4.69, 9.17) is 4.74 Å². The van der Waals surface area contributed by atoms with Gasteiger partial charge in [0.15, 0.2) is 5.69 Å². The number of benzene rings is 1. The summed E-state index contributed by atoms with van der Waals surface area (Å²) in [5.41, 5.74) is 1.17. The van der Waals surface area contributed by atoms with E-state index in [1.54, 1.807) is 6.08 Å². The lowest BCUT2D eigenvalue weighted by Crippen LogP contribution is -2.24. The van der Waals surface area contributed by atoms with Gasteiger partial charge in [0.05, 0.1) is 0 Å². The minimum Gasteiger partial charge on any atom is -0.501 e. The van der Waals surface area contributed by atoms with Gasteiger partial charge in [-0.1, -0.05) is 36.4 Å². The Morgan fingerprint density at radius 2 is 2.04 bits per heavy atom. The molecule has 0 atom stereocenters. The molecule has 1 heterocycles. The summed E-state index contributed by atoms with van der Waals surface area (Å²) in [6, 6.07) is 11.9. The number of alkyl carbamates (subject to hydrolysis) is 1. The van der Waals surface area contributed by atoms with Crippen LogP contribution in [0, 0.1) is 10.1 Å². The zero-order valence-corrected chi connectivity index (χ0v) is 12.6. The predicted octanol–water partition coefficient (Wildman–Crippen LogP) is 2.64. The Hall–Kier alpha value is -3.42. The number of rotatable bonds is 6. The maximum absolute atomic E-state index is 11.5. The molecular weight excluding hydrogens is 314 g/mol. The SMILES string of the molecule is O=C(NCC=Cc1ccc(O)c([N+](=O)[O-])n1)OCc1ccccc1. The van der Waals surface area contributed by atoms with E-state index >= 15 is 0 Å². The van der Waals surface area contributed by atoms with Gasteiger partial charge in [0.1, 0.15) is 6.61 Å². The van der Waals surface area contributed by atoms with Crippen molar-refractivity contribution in [3.8, 4) is 5.75 Å². The van der Waals surface area contributed by atoms with Crippen molar-refractivity contribution in [3.63, 3.8) is 0 Å². The molecule has 0 fully saturated rings. The molecule has 0 aliphatic rings. The molecule has 2 aromatic rings. The van der Waals surface area contributed by atoms with Crippen LogP contribution in [0.25, 0.3) is 6.08 Å². The highest BCUT2D eigenvalue weighted by molar-refractivity contribution is 5.67. The standard InChI is InChI=1S/C16H15N3O5/c20-14-9-8-13(18-15(14)19(22)23)7-4-10-17-16(21)24-11-12-5-2-1-3-6-12/h1-9,20H,10-11H2,(H,17,21). The Labute approximate surface area is 137 Å². The van der Waals surface area contributed by atoms with Crippen molar-refractivity contribution in [2.75, 3.05) is 6.54 Å². The monoisotopic (exact) mass is 329 g/mol. The number of carbonyl (C=O) groups excluding carboxylic acids is 1. The van der Waals surface area contributed by atoms with Gasteiger partial charge in [-0.3, -0.25) is 0 Å². The van der Waals surface area contributed by atoms with Gasteiger partial charge in [0.25, 0.3) is 0 Å². The van der Waals surface area contributed by atoms with E-state index in [9.17, 15) is 20.0 Å². The molecule has 124 valence electrons. The summed E-state index contributed by atoms with van der Waals surface area (Å²) in [4.78, 5) is 25.1. The van der Waals surface area contributed by atoms with Crippen LogP contribution in [-0.2, 0) is 11.3 Å². The molecule has 1 aromatic carbocycles. The van der Waals surface area contributed by atoms with Crippen LogP contribution in [0.15, 0.2) is 48.5 Å². The Bertz CT molecular complexity index is 747. The van der Waals surface area contributed by atoms with Gasteiger partial charge in [-0.15, -0.1) is 0 Å². The maximum Gasteiger partial charge on any atom is 0.407 e. The van der Waals surface area contributed by atoms with E-state index in [0.717, 1.165) is 5.56 Å². The van der Waals surface area contributed by atoms with Crippen LogP contribution in [0.2, 0.25) is 0 Å². The molecule has 8 heteroatoms. The maximum atomic E-state index is 11.5. The molecular formula is C16H15N3O5. The lowest BCUT2D eigenvalue weighted by Gasteiger charge is -2.04. The van der Waals surface area contributed by atoms with Gasteiger partial charge in [-0.05, 0) is 33.7 Å². The fourth-order valence-electron chi connectivity index (χ4n) is 1.78. The number of nitro groups is 1. The van der Waals surface area contributed by atoms with Crippen molar-refractivity contribution in [3.05, 3.63) is 69.9 Å². The summed E-state index contributed by atoms with van der Waals surface area (Å²) < 4.78 is 5.02. The molecule has 0 saturated heterocycles. The van der Waals surface area contributed by atoms with E-state index in [0.29, 0.717) is 5.69 Å². The smallest absolute Gasteiger partial charge is 0.407 e. The fourth-order valence-corrected chi connectivity index (χ4v) is 1.78. The fraction of sp³-hybridized carbons (Fsp3) is 0.125. The van der Waals surface area contributed by atoms with E-state index in [1.165, 1.54) is 18.2 Å². The van der Waals surface area contributed by atoms with Crippen LogP contribution in [-0.4, -0.2) is 27.7 Å². The Morgan fingerprint density at radius 3 is 2.75 bits per heavy atom. The zero-order chi connectivity index (χ0) is 17.4. The molecule has 24 heavy (non-hydrogen) atoms. The Kier molecular flexibility index (Phi) is 5.84. The molecule has 0 aliphatic carbocycles. The van der Waals surface area contributed by atoms with Crippen LogP contribution in [0.1, 0.15) is 11.3 Å². The summed E-state index contributed by atoms with van der Waals surface area (Å²) in [7, 11) is 0. The highest BCUT2D eigenvalue weighted by Gasteiger charge is 2.15. The third-order valence-electron chi connectivity index (χ3n) is 2.91. The molecule has 0 aliphatic heterocycles. The van der Waals surface area contributed by atoms with Gasteiger partial charge in [-0.2, -0.15) is 0 Å². The van der Waals surface area contributed by atoms with Crippen molar-refractivity contribution >= 4 is 18.0 Å². The van der Waals surface area contributed by atoms with Gasteiger partial charge in [0.2, 0.25) is 5.75 Å². The molecule has 0 spiro atoms. The summed E-state index contributed by atoms with van der Waals surface area (Å²) in [5, 5.41) is 22.5. The van der Waals surface area contributed by atoms with Gasteiger partial charge < -0.3 is 25.3 Å². The summed E-state index contributed by atoms with van der Waals surface area (Å²) in [5.74, 6) is -1.12. The van der Waals surface area contributed by atoms with Crippen LogP contribution < -0.4 is 5.32 Å². The number of amides is 1. The number of pyridine rings is 1. The molecule has 1 aromatic heterocycles. The van der Waals surface area contributed by atoms with Gasteiger partial charge >= 0.3 is 11.9 Å². The molecule has 2 N–H and O–H groups in total. The Morgan fingerprint density at radius 1 is 1.29 bits per heavy atom. The second kappa shape index (κ2) is 8.28. The summed E-state index contributed by atoms with van der Waals surface area (Å²) in [6.07, 6.45) is 2.48. The third-order valence-corrected chi connectivity index (χ3v) is 2.91. The largest absolute Gasteiger partial charge is 0.501 e. The predicted molar refractivity (Wildman–Crippen MR) is 86.2 cm³/mol. The molecule has 2 rings (SSSR count). The number of ether oxygens (including phenoxy) is 1. The van der Waals surface area contributed by atoms with Crippen LogP contribution in [0.5, 0.6) is 5.75 Å². The lowest BCUT2D eigenvalue weighted by atomic mass is 10.2. The molecule has 0 bridgehead atoms. The quantitative estimate of drug-likeness (QED) is 0.622. The van der Waals surface area contributed by atoms with E-state index in [-0.39, 0.29) is 13.2 Å². The number of hydrogen-bond donors (Lipinski definition) is 2. The zero-order valence-electron chi connectivity index (χ0n) is 12.6. The second-order valence-electron chi connectivity index (χ2n) is 4.68. The molecule has 0 radical (unpaired) electrons.